The molecule has 0 amide bonds. The Morgan fingerprint density at radius 1 is 1.10 bits per heavy atom. The molecule has 0 fully saturated rings. The van der Waals surface area contributed by atoms with Gasteiger partial charge in [0.15, 0.2) is 0 Å². The van der Waals surface area contributed by atoms with E-state index >= 15 is 0 Å². The maximum Gasteiger partial charge on any atom is 0.315 e. The van der Waals surface area contributed by atoms with Crippen molar-refractivity contribution in [3.8, 4) is 0 Å². The first kappa shape index (κ1) is 16.9. The van der Waals surface area contributed by atoms with Crippen LogP contribution in [0.3, 0.4) is 0 Å². The number of nitrogens with one attached hydrogen (secondary N) is 2. The van der Waals surface area contributed by atoms with E-state index in [1.54, 1.807) is 0 Å². The number of anilines is 1. The van der Waals surface area contributed by atoms with E-state index in [2.05, 4.69) is 48.5 Å². The Kier molecular flexibility index (Phi) is 8.22. The van der Waals surface area contributed by atoms with Crippen LogP contribution < -0.4 is 10.6 Å². The van der Waals surface area contributed by atoms with E-state index in [4.69, 9.17) is 9.15 Å². The Balaban J connectivity index is 2.08. The molecule has 6 nitrogen and oxygen atoms in total. The van der Waals surface area contributed by atoms with Gasteiger partial charge in [0.2, 0.25) is 5.89 Å². The van der Waals surface area contributed by atoms with Gasteiger partial charge in [0, 0.05) is 13.2 Å². The van der Waals surface area contributed by atoms with Gasteiger partial charge in [0.05, 0.1) is 13.2 Å². The Labute approximate surface area is 121 Å². The summed E-state index contributed by atoms with van der Waals surface area (Å²) in [6, 6.07) is 0.457. The number of nitrogens with zero attached hydrogens (tertiary/aromatic N) is 2. The number of hydrogen-bond acceptors (Lipinski definition) is 6. The summed E-state index contributed by atoms with van der Waals surface area (Å²) in [7, 11) is 0. The Bertz CT molecular complexity index is 353. The minimum absolute atomic E-state index is 0.457. The zero-order valence-electron chi connectivity index (χ0n) is 13.1. The van der Waals surface area contributed by atoms with Crippen molar-refractivity contribution in [1.82, 2.24) is 15.5 Å². The summed E-state index contributed by atoms with van der Waals surface area (Å²) in [5, 5.41) is 14.2. The number of ether oxygens (including phenoxy) is 1. The van der Waals surface area contributed by atoms with E-state index in [0.29, 0.717) is 43.4 Å². The Morgan fingerprint density at radius 3 is 2.60 bits per heavy atom. The molecule has 0 aliphatic carbocycles. The lowest BCUT2D eigenvalue weighted by atomic mass is 10.1. The van der Waals surface area contributed by atoms with Crippen LogP contribution in [0.5, 0.6) is 0 Å². The number of rotatable bonds is 11. The first-order valence-corrected chi connectivity index (χ1v) is 7.42. The van der Waals surface area contributed by atoms with Crippen molar-refractivity contribution < 1.29 is 9.15 Å². The van der Waals surface area contributed by atoms with E-state index in [9.17, 15) is 0 Å². The largest absolute Gasteiger partial charge is 0.407 e. The summed E-state index contributed by atoms with van der Waals surface area (Å²) in [5.74, 6) is 1.90. The fourth-order valence-corrected chi connectivity index (χ4v) is 1.52. The molecule has 1 rings (SSSR count). The second kappa shape index (κ2) is 9.72. The standard InChI is InChI=1S/C14H28N4O2/c1-11(2)5-7-19-8-6-16-14-18-17-13(20-14)10-15-9-12(3)4/h11-12,15H,5-10H2,1-4H3,(H,16,18). The average Bonchev–Trinajstić information content (AvgIpc) is 2.81. The highest BCUT2D eigenvalue weighted by Gasteiger charge is 2.05. The molecule has 20 heavy (non-hydrogen) atoms. The van der Waals surface area contributed by atoms with E-state index in [1.807, 2.05) is 0 Å². The van der Waals surface area contributed by atoms with E-state index < -0.39 is 0 Å². The van der Waals surface area contributed by atoms with Gasteiger partial charge in [0.25, 0.3) is 0 Å². The molecule has 116 valence electrons. The van der Waals surface area contributed by atoms with Crippen LogP contribution in [-0.4, -0.2) is 36.5 Å². The Morgan fingerprint density at radius 2 is 1.90 bits per heavy atom. The molecule has 0 aromatic carbocycles. The molecule has 0 radical (unpaired) electrons. The molecule has 0 spiro atoms. The van der Waals surface area contributed by atoms with Crippen LogP contribution in [0, 0.1) is 11.8 Å². The maximum atomic E-state index is 5.50. The van der Waals surface area contributed by atoms with Crippen LogP contribution in [0.2, 0.25) is 0 Å². The number of hydrogen-bond donors (Lipinski definition) is 2. The summed E-state index contributed by atoms with van der Waals surface area (Å²) < 4.78 is 11.0. The highest BCUT2D eigenvalue weighted by Crippen LogP contribution is 2.05. The Hall–Kier alpha value is -1.14. The van der Waals surface area contributed by atoms with Crippen molar-refractivity contribution >= 4 is 6.01 Å². The molecule has 0 aliphatic heterocycles. The summed E-state index contributed by atoms with van der Waals surface area (Å²) >= 11 is 0. The van der Waals surface area contributed by atoms with Crippen LogP contribution >= 0.6 is 0 Å². The summed E-state index contributed by atoms with van der Waals surface area (Å²) in [6.45, 7) is 12.4. The van der Waals surface area contributed by atoms with E-state index in [1.165, 1.54) is 0 Å². The molecular formula is C14H28N4O2. The average molecular weight is 284 g/mol. The van der Waals surface area contributed by atoms with Crippen LogP contribution in [0.15, 0.2) is 4.42 Å². The molecular weight excluding hydrogens is 256 g/mol. The van der Waals surface area contributed by atoms with Crippen LogP contribution in [0.4, 0.5) is 6.01 Å². The predicted molar refractivity (Wildman–Crippen MR) is 79.6 cm³/mol. The topological polar surface area (TPSA) is 72.2 Å². The van der Waals surface area contributed by atoms with Crippen molar-refractivity contribution in [3.05, 3.63) is 5.89 Å². The van der Waals surface area contributed by atoms with Crippen molar-refractivity contribution in [3.63, 3.8) is 0 Å². The van der Waals surface area contributed by atoms with Crippen molar-refractivity contribution in [2.24, 2.45) is 11.8 Å². The lowest BCUT2D eigenvalue weighted by molar-refractivity contribution is 0.132. The van der Waals surface area contributed by atoms with Crippen molar-refractivity contribution in [2.45, 2.75) is 40.7 Å². The lowest BCUT2D eigenvalue weighted by Crippen LogP contribution is -2.19. The summed E-state index contributed by atoms with van der Waals surface area (Å²) in [6.07, 6.45) is 1.09. The summed E-state index contributed by atoms with van der Waals surface area (Å²) in [5.41, 5.74) is 0. The van der Waals surface area contributed by atoms with Gasteiger partial charge < -0.3 is 19.8 Å². The minimum atomic E-state index is 0.457. The zero-order chi connectivity index (χ0) is 14.8. The van der Waals surface area contributed by atoms with Crippen LogP contribution in [0.1, 0.15) is 40.0 Å². The van der Waals surface area contributed by atoms with Gasteiger partial charge >= 0.3 is 6.01 Å². The molecule has 0 atom stereocenters. The molecule has 0 bridgehead atoms. The highest BCUT2D eigenvalue weighted by atomic mass is 16.5. The molecule has 2 N–H and O–H groups in total. The lowest BCUT2D eigenvalue weighted by Gasteiger charge is -2.06. The monoisotopic (exact) mass is 284 g/mol. The molecule has 6 heteroatoms. The van der Waals surface area contributed by atoms with Gasteiger partial charge in [-0.25, -0.2) is 0 Å². The quantitative estimate of drug-likeness (QED) is 0.607. The molecule has 0 saturated heterocycles. The molecule has 0 aliphatic rings. The molecule has 1 heterocycles. The third kappa shape index (κ3) is 8.12. The van der Waals surface area contributed by atoms with Gasteiger partial charge in [0.1, 0.15) is 0 Å². The molecule has 0 unspecified atom stereocenters. The molecule has 1 aromatic rings. The van der Waals surface area contributed by atoms with Gasteiger partial charge in [-0.15, -0.1) is 5.10 Å². The second-order valence-electron chi connectivity index (χ2n) is 5.75. The SMILES string of the molecule is CC(C)CCOCCNc1nnc(CNCC(C)C)o1. The van der Waals surface area contributed by atoms with E-state index in [0.717, 1.165) is 19.6 Å². The third-order valence-corrected chi connectivity index (χ3v) is 2.66. The van der Waals surface area contributed by atoms with Gasteiger partial charge in [-0.2, -0.15) is 0 Å². The number of aromatic nitrogens is 2. The minimum Gasteiger partial charge on any atom is -0.407 e. The first-order valence-electron chi connectivity index (χ1n) is 7.42. The smallest absolute Gasteiger partial charge is 0.315 e. The van der Waals surface area contributed by atoms with Gasteiger partial charge in [-0.1, -0.05) is 32.8 Å². The fourth-order valence-electron chi connectivity index (χ4n) is 1.52. The van der Waals surface area contributed by atoms with E-state index in [-0.39, 0.29) is 0 Å². The van der Waals surface area contributed by atoms with Crippen molar-refractivity contribution in [2.75, 3.05) is 31.6 Å². The second-order valence-corrected chi connectivity index (χ2v) is 5.75. The van der Waals surface area contributed by atoms with Crippen molar-refractivity contribution in [1.29, 1.82) is 0 Å². The normalized spacial score (nSPS) is 11.5. The predicted octanol–water partition coefficient (Wildman–Crippen LogP) is 2.29. The summed E-state index contributed by atoms with van der Waals surface area (Å²) in [4.78, 5) is 0. The van der Waals surface area contributed by atoms with Crippen LogP contribution in [0.25, 0.3) is 0 Å². The van der Waals surface area contributed by atoms with Crippen LogP contribution in [-0.2, 0) is 11.3 Å². The maximum absolute atomic E-state index is 5.50. The third-order valence-electron chi connectivity index (χ3n) is 2.66. The highest BCUT2D eigenvalue weighted by molar-refractivity contribution is 5.16. The zero-order valence-corrected chi connectivity index (χ0v) is 13.1. The fraction of sp³-hybridized carbons (Fsp3) is 0.857. The van der Waals surface area contributed by atoms with Gasteiger partial charge in [-0.3, -0.25) is 0 Å². The first-order chi connectivity index (χ1) is 9.58. The van der Waals surface area contributed by atoms with Gasteiger partial charge in [-0.05, 0) is 24.8 Å². The molecule has 1 aromatic heterocycles. The molecule has 0 saturated carbocycles.